The number of carbonyl (C=O) groups excluding carboxylic acids is 2. The Morgan fingerprint density at radius 3 is 2.14 bits per heavy atom. The first-order chi connectivity index (χ1) is 10.7. The third kappa shape index (κ3) is 2.21. The maximum Gasteiger partial charge on any atom is 0.338 e. The lowest BCUT2D eigenvalue weighted by Gasteiger charge is -2.54. The standard InChI is InChI=1S/C18H20O4/c19-16-13-1-3-14(4-2-13)17(20)22-11-18-7-5-12(10-21-16)9-15(18)6-8-18/h1-4,12,15H,5-11H2. The van der Waals surface area contributed by atoms with E-state index >= 15 is 0 Å². The van der Waals surface area contributed by atoms with E-state index < -0.39 is 0 Å². The Labute approximate surface area is 129 Å². The average molecular weight is 300 g/mol. The molecule has 2 saturated carbocycles. The number of esters is 2. The summed E-state index contributed by atoms with van der Waals surface area (Å²) in [4.78, 5) is 24.2. The number of ether oxygens (including phenoxy) is 2. The van der Waals surface area contributed by atoms with E-state index in [1.54, 1.807) is 24.3 Å². The van der Waals surface area contributed by atoms with E-state index in [-0.39, 0.29) is 17.4 Å². The molecule has 3 unspecified atom stereocenters. The Kier molecular flexibility index (Phi) is 3.21. The Morgan fingerprint density at radius 1 is 0.909 bits per heavy atom. The van der Waals surface area contributed by atoms with Gasteiger partial charge in [-0.3, -0.25) is 0 Å². The van der Waals surface area contributed by atoms with Crippen LogP contribution in [0.15, 0.2) is 24.3 Å². The lowest BCUT2D eigenvalue weighted by molar-refractivity contribution is -0.0874. The molecule has 1 spiro atoms. The molecule has 4 heterocycles. The van der Waals surface area contributed by atoms with Gasteiger partial charge in [0.2, 0.25) is 0 Å². The van der Waals surface area contributed by atoms with Gasteiger partial charge in [0.1, 0.15) is 0 Å². The van der Waals surface area contributed by atoms with Crippen LogP contribution in [0.1, 0.15) is 52.8 Å². The van der Waals surface area contributed by atoms with Gasteiger partial charge in [-0.1, -0.05) is 0 Å². The molecule has 2 aliphatic carbocycles. The fourth-order valence-corrected chi connectivity index (χ4v) is 4.19. The van der Waals surface area contributed by atoms with Crippen LogP contribution in [0.4, 0.5) is 0 Å². The lowest BCUT2D eigenvalue weighted by atomic mass is 9.52. The minimum Gasteiger partial charge on any atom is -0.462 e. The van der Waals surface area contributed by atoms with Crippen LogP contribution in [0, 0.1) is 17.3 Å². The number of hydrogen-bond acceptors (Lipinski definition) is 4. The Bertz CT molecular complexity index is 606. The highest BCUT2D eigenvalue weighted by atomic mass is 16.5. The zero-order valence-electron chi connectivity index (χ0n) is 12.5. The Morgan fingerprint density at radius 2 is 1.55 bits per heavy atom. The van der Waals surface area contributed by atoms with Crippen molar-refractivity contribution in [1.82, 2.24) is 0 Å². The molecule has 4 bridgehead atoms. The summed E-state index contributed by atoms with van der Waals surface area (Å²) in [7, 11) is 0. The number of hydrogen-bond donors (Lipinski definition) is 0. The second-order valence-electron chi connectivity index (χ2n) is 6.99. The predicted octanol–water partition coefficient (Wildman–Crippen LogP) is 3.21. The molecule has 0 radical (unpaired) electrons. The molecule has 4 heteroatoms. The van der Waals surface area contributed by atoms with Gasteiger partial charge in [-0.2, -0.15) is 0 Å². The summed E-state index contributed by atoms with van der Waals surface area (Å²) in [5.74, 6) is 0.462. The van der Waals surface area contributed by atoms with Crippen molar-refractivity contribution >= 4 is 11.9 Å². The van der Waals surface area contributed by atoms with Gasteiger partial charge in [0.15, 0.2) is 0 Å². The quantitative estimate of drug-likeness (QED) is 0.690. The second kappa shape index (κ2) is 5.11. The average Bonchev–Trinajstić information content (AvgIpc) is 2.53. The highest BCUT2D eigenvalue weighted by molar-refractivity contribution is 5.93. The lowest BCUT2D eigenvalue weighted by Crippen LogP contribution is -2.49. The van der Waals surface area contributed by atoms with Crippen LogP contribution in [0.3, 0.4) is 0 Å². The fraction of sp³-hybridized carbons (Fsp3) is 0.556. The summed E-state index contributed by atoms with van der Waals surface area (Å²) >= 11 is 0. The Hall–Kier alpha value is -1.84. The topological polar surface area (TPSA) is 52.6 Å². The van der Waals surface area contributed by atoms with Crippen molar-refractivity contribution < 1.29 is 19.1 Å². The van der Waals surface area contributed by atoms with Crippen LogP contribution >= 0.6 is 0 Å². The van der Waals surface area contributed by atoms with Crippen LogP contribution in [0.25, 0.3) is 0 Å². The van der Waals surface area contributed by atoms with E-state index in [2.05, 4.69) is 0 Å². The van der Waals surface area contributed by atoms with Gasteiger partial charge < -0.3 is 9.47 Å². The molecule has 4 nitrogen and oxygen atoms in total. The number of rotatable bonds is 0. The summed E-state index contributed by atoms with van der Waals surface area (Å²) in [5, 5.41) is 0. The predicted molar refractivity (Wildman–Crippen MR) is 79.5 cm³/mol. The third-order valence-corrected chi connectivity index (χ3v) is 5.82. The molecule has 1 aromatic carbocycles. The van der Waals surface area contributed by atoms with Crippen molar-refractivity contribution in [3.63, 3.8) is 0 Å². The van der Waals surface area contributed by atoms with Crippen molar-refractivity contribution in [2.24, 2.45) is 17.3 Å². The van der Waals surface area contributed by atoms with E-state index in [0.29, 0.717) is 36.2 Å². The summed E-state index contributed by atoms with van der Waals surface area (Å²) in [6.07, 6.45) is 5.57. The van der Waals surface area contributed by atoms with E-state index in [9.17, 15) is 9.59 Å². The van der Waals surface area contributed by atoms with E-state index in [4.69, 9.17) is 9.47 Å². The summed E-state index contributed by atoms with van der Waals surface area (Å²) in [6.45, 7) is 1.04. The molecule has 7 rings (SSSR count). The first-order valence-corrected chi connectivity index (χ1v) is 8.11. The zero-order chi connectivity index (χ0) is 15.2. The minimum absolute atomic E-state index is 0.181. The summed E-state index contributed by atoms with van der Waals surface area (Å²) in [5.41, 5.74) is 1.16. The zero-order valence-corrected chi connectivity index (χ0v) is 12.5. The van der Waals surface area contributed by atoms with Crippen LogP contribution in [0.5, 0.6) is 0 Å². The second-order valence-corrected chi connectivity index (χ2v) is 6.99. The van der Waals surface area contributed by atoms with E-state index in [0.717, 1.165) is 25.7 Å². The number of benzene rings is 1. The van der Waals surface area contributed by atoms with Crippen molar-refractivity contribution in [1.29, 1.82) is 0 Å². The monoisotopic (exact) mass is 300 g/mol. The summed E-state index contributed by atoms with van der Waals surface area (Å²) < 4.78 is 11.1. The molecule has 22 heavy (non-hydrogen) atoms. The molecular formula is C18H20O4. The molecule has 3 atom stereocenters. The number of carbonyl (C=O) groups is 2. The first kappa shape index (κ1) is 13.8. The molecule has 0 amide bonds. The van der Waals surface area contributed by atoms with Gasteiger partial charge >= 0.3 is 11.9 Å². The van der Waals surface area contributed by atoms with Gasteiger partial charge in [0, 0.05) is 5.41 Å². The van der Waals surface area contributed by atoms with Gasteiger partial charge in [0.05, 0.1) is 24.3 Å². The summed E-state index contributed by atoms with van der Waals surface area (Å²) in [6, 6.07) is 6.54. The van der Waals surface area contributed by atoms with Gasteiger partial charge in [-0.15, -0.1) is 0 Å². The highest BCUT2D eigenvalue weighted by Crippen LogP contribution is 2.57. The fourth-order valence-electron chi connectivity index (χ4n) is 4.19. The van der Waals surface area contributed by atoms with Crippen LogP contribution in [0.2, 0.25) is 0 Å². The molecule has 0 saturated heterocycles. The Balaban J connectivity index is 1.62. The van der Waals surface area contributed by atoms with E-state index in [1.807, 2.05) is 0 Å². The first-order valence-electron chi connectivity index (χ1n) is 8.11. The molecule has 0 N–H and O–H groups in total. The molecule has 116 valence electrons. The molecule has 2 fully saturated rings. The molecule has 0 aromatic heterocycles. The smallest absolute Gasteiger partial charge is 0.338 e. The minimum atomic E-state index is -0.303. The normalized spacial score (nSPS) is 34.2. The highest BCUT2D eigenvalue weighted by Gasteiger charge is 2.50. The molecule has 6 aliphatic rings. The van der Waals surface area contributed by atoms with Crippen molar-refractivity contribution in [2.75, 3.05) is 13.2 Å². The SMILES string of the molecule is O=C1OCC2CCC3(CCC3C2)COC(=O)c2ccc1cc2. The van der Waals surface area contributed by atoms with Crippen LogP contribution in [-0.4, -0.2) is 25.2 Å². The van der Waals surface area contributed by atoms with Gasteiger partial charge in [-0.05, 0) is 68.2 Å². The molecular weight excluding hydrogens is 280 g/mol. The van der Waals surface area contributed by atoms with Gasteiger partial charge in [-0.25, -0.2) is 9.59 Å². The third-order valence-electron chi connectivity index (χ3n) is 5.82. The van der Waals surface area contributed by atoms with Crippen LogP contribution < -0.4 is 0 Å². The van der Waals surface area contributed by atoms with Crippen LogP contribution in [-0.2, 0) is 9.47 Å². The van der Waals surface area contributed by atoms with E-state index in [1.165, 1.54) is 6.42 Å². The molecule has 4 aliphatic heterocycles. The maximum absolute atomic E-state index is 12.2. The maximum atomic E-state index is 12.2. The molecule has 1 aromatic rings. The van der Waals surface area contributed by atoms with Crippen molar-refractivity contribution in [3.05, 3.63) is 35.4 Å². The largest absolute Gasteiger partial charge is 0.462 e. The van der Waals surface area contributed by atoms with Crippen molar-refractivity contribution in [3.8, 4) is 0 Å². The van der Waals surface area contributed by atoms with Gasteiger partial charge in [0.25, 0.3) is 0 Å². The van der Waals surface area contributed by atoms with Crippen molar-refractivity contribution in [2.45, 2.75) is 32.1 Å².